The number of methoxy groups -OCH3 is 1. The van der Waals surface area contributed by atoms with Gasteiger partial charge in [0.2, 0.25) is 0 Å². The highest BCUT2D eigenvalue weighted by Crippen LogP contribution is 2.36. The fraction of sp³-hybridized carbons (Fsp3) is 0.292. The van der Waals surface area contributed by atoms with E-state index < -0.39 is 31.2 Å². The standard InChI is InChI=1S/C18H18F2N6O4S.C6H4ClF/c1-30-18(29)24(9-14(27)28)10-6-13-11(12-2-4-26(23-12)17(19)20)7-22-15(25(13)8-10)16-21-3-5-31-16;7-5-2-1-3-6(8)4-5/h2-5,10,17H,6-9H2,1H3,(H,27,28);1-4H. The molecule has 10 nitrogen and oxygen atoms in total. The van der Waals surface area contributed by atoms with Crippen molar-refractivity contribution >= 4 is 46.4 Å². The van der Waals surface area contributed by atoms with Gasteiger partial charge in [-0.1, -0.05) is 17.7 Å². The molecule has 0 bridgehead atoms. The van der Waals surface area contributed by atoms with E-state index in [9.17, 15) is 27.9 Å². The lowest BCUT2D eigenvalue weighted by Gasteiger charge is -2.28. The lowest BCUT2D eigenvalue weighted by Crippen LogP contribution is -2.45. The molecule has 1 atom stereocenters. The second-order valence-corrected chi connectivity index (χ2v) is 9.59. The molecule has 5 rings (SSSR count). The van der Waals surface area contributed by atoms with Crippen molar-refractivity contribution in [1.29, 1.82) is 0 Å². The van der Waals surface area contributed by atoms with Gasteiger partial charge in [-0.05, 0) is 24.3 Å². The molecule has 1 amide bonds. The van der Waals surface area contributed by atoms with Gasteiger partial charge in [0.1, 0.15) is 12.4 Å². The van der Waals surface area contributed by atoms with Gasteiger partial charge in [-0.25, -0.2) is 18.9 Å². The number of amidine groups is 1. The number of fused-ring (bicyclic) bond motifs is 1. The Balaban J connectivity index is 0.000000379. The smallest absolute Gasteiger partial charge is 0.410 e. The zero-order valence-corrected chi connectivity index (χ0v) is 21.9. The number of benzene rings is 1. The molecule has 0 aliphatic carbocycles. The summed E-state index contributed by atoms with van der Waals surface area (Å²) in [7, 11) is 1.18. The van der Waals surface area contributed by atoms with Crippen LogP contribution >= 0.6 is 22.9 Å². The van der Waals surface area contributed by atoms with Crippen molar-refractivity contribution in [2.24, 2.45) is 4.99 Å². The summed E-state index contributed by atoms with van der Waals surface area (Å²) in [5.74, 6) is -0.879. The molecule has 0 radical (unpaired) electrons. The molecular weight excluding hydrogens is 561 g/mol. The fourth-order valence-electron chi connectivity index (χ4n) is 4.18. The third-order valence-electron chi connectivity index (χ3n) is 5.82. The number of hydrogen-bond acceptors (Lipinski definition) is 8. The molecule has 39 heavy (non-hydrogen) atoms. The number of rotatable bonds is 6. The first-order valence-corrected chi connectivity index (χ1v) is 12.7. The lowest BCUT2D eigenvalue weighted by atomic mass is 10.1. The summed E-state index contributed by atoms with van der Waals surface area (Å²) in [4.78, 5) is 35.4. The number of hydrogen-bond donors (Lipinski definition) is 1. The van der Waals surface area contributed by atoms with Crippen LogP contribution in [0.2, 0.25) is 5.02 Å². The van der Waals surface area contributed by atoms with E-state index in [1.165, 1.54) is 42.8 Å². The molecule has 1 fully saturated rings. The third-order valence-corrected chi connectivity index (χ3v) is 6.83. The Morgan fingerprint density at radius 3 is 2.69 bits per heavy atom. The summed E-state index contributed by atoms with van der Waals surface area (Å²) in [5.41, 5.74) is 1.73. The van der Waals surface area contributed by atoms with Crippen molar-refractivity contribution in [3.8, 4) is 0 Å². The summed E-state index contributed by atoms with van der Waals surface area (Å²) < 4.78 is 43.4. The topological polar surface area (TPSA) is 113 Å². The van der Waals surface area contributed by atoms with Crippen LogP contribution < -0.4 is 0 Å². The van der Waals surface area contributed by atoms with Crippen LogP contribution in [-0.2, 0) is 9.53 Å². The minimum absolute atomic E-state index is 0.199. The zero-order valence-electron chi connectivity index (χ0n) is 20.4. The Bertz CT molecular complexity index is 1380. The van der Waals surface area contributed by atoms with Crippen LogP contribution in [0.15, 0.2) is 58.8 Å². The third kappa shape index (κ3) is 6.57. The number of aliphatic carboxylic acids is 1. The average molecular weight is 583 g/mol. The maximum absolute atomic E-state index is 13.0. The summed E-state index contributed by atoms with van der Waals surface area (Å²) >= 11 is 6.80. The van der Waals surface area contributed by atoms with E-state index in [0.717, 1.165) is 10.6 Å². The highest BCUT2D eigenvalue weighted by atomic mass is 35.5. The Kier molecular flexibility index (Phi) is 8.86. The van der Waals surface area contributed by atoms with Crippen LogP contribution in [0.4, 0.5) is 18.0 Å². The Morgan fingerprint density at radius 1 is 1.33 bits per heavy atom. The number of carboxylic acids is 1. The van der Waals surface area contributed by atoms with Crippen molar-refractivity contribution in [2.45, 2.75) is 19.0 Å². The molecule has 2 aromatic heterocycles. The van der Waals surface area contributed by atoms with Crippen LogP contribution in [0.1, 0.15) is 23.7 Å². The fourth-order valence-corrected chi connectivity index (χ4v) is 5.01. The van der Waals surface area contributed by atoms with Crippen LogP contribution in [0.3, 0.4) is 0 Å². The van der Waals surface area contributed by atoms with Gasteiger partial charge in [-0.15, -0.1) is 11.3 Å². The van der Waals surface area contributed by atoms with Crippen LogP contribution in [0, 0.1) is 5.82 Å². The van der Waals surface area contributed by atoms with E-state index in [2.05, 4.69) is 15.1 Å². The zero-order chi connectivity index (χ0) is 28.1. The Morgan fingerprint density at radius 2 is 2.13 bits per heavy atom. The first kappa shape index (κ1) is 28.1. The van der Waals surface area contributed by atoms with Crippen molar-refractivity contribution in [3.63, 3.8) is 0 Å². The van der Waals surface area contributed by atoms with E-state index in [-0.39, 0.29) is 18.9 Å². The second-order valence-electron chi connectivity index (χ2n) is 8.26. The number of carboxylic acid groups (broad SMARTS) is 1. The molecule has 4 heterocycles. The van der Waals surface area contributed by atoms with Gasteiger partial charge in [0.25, 0.3) is 0 Å². The number of carbonyl (C=O) groups excluding carboxylic acids is 1. The number of alkyl halides is 2. The molecular formula is C24H22ClF3N6O4S. The SMILES string of the molecule is COC(=O)N(CC(=O)O)C1CC2=C(c3ccn(C(F)F)n3)CN=C(c3nccs3)N2C1.Fc1cccc(Cl)c1. The lowest BCUT2D eigenvalue weighted by molar-refractivity contribution is -0.138. The highest BCUT2D eigenvalue weighted by Gasteiger charge is 2.41. The van der Waals surface area contributed by atoms with E-state index in [0.29, 0.717) is 38.2 Å². The average Bonchev–Trinajstić information content (AvgIpc) is 3.67. The van der Waals surface area contributed by atoms with Crippen molar-refractivity contribution < 1.29 is 32.6 Å². The van der Waals surface area contributed by atoms with Gasteiger partial charge >= 0.3 is 18.6 Å². The molecule has 3 aromatic rings. The van der Waals surface area contributed by atoms with Gasteiger partial charge in [-0.2, -0.15) is 13.9 Å². The van der Waals surface area contributed by atoms with Gasteiger partial charge < -0.3 is 14.7 Å². The molecule has 1 N–H and O–H groups in total. The Hall–Kier alpha value is -3.91. The van der Waals surface area contributed by atoms with Crippen LogP contribution in [0.25, 0.3) is 5.57 Å². The summed E-state index contributed by atoms with van der Waals surface area (Å²) in [5, 5.41) is 16.1. The van der Waals surface area contributed by atoms with Crippen LogP contribution in [-0.4, -0.2) is 80.4 Å². The molecule has 1 aromatic carbocycles. The summed E-state index contributed by atoms with van der Waals surface area (Å²) in [6.07, 6.45) is 2.37. The molecule has 1 unspecified atom stereocenters. The normalized spacial score (nSPS) is 16.4. The van der Waals surface area contributed by atoms with Gasteiger partial charge in [0.05, 0.1) is 25.4 Å². The summed E-state index contributed by atoms with van der Waals surface area (Å²) in [6, 6.07) is 6.78. The molecule has 0 saturated carbocycles. The van der Waals surface area contributed by atoms with Crippen molar-refractivity contribution in [2.75, 3.05) is 26.7 Å². The summed E-state index contributed by atoms with van der Waals surface area (Å²) in [6.45, 7) is -2.84. The number of aromatic nitrogens is 3. The molecule has 2 aliphatic heterocycles. The van der Waals surface area contributed by atoms with Gasteiger partial charge in [-0.3, -0.25) is 14.7 Å². The van der Waals surface area contributed by atoms with E-state index >= 15 is 0 Å². The molecule has 206 valence electrons. The largest absolute Gasteiger partial charge is 0.480 e. The molecule has 0 spiro atoms. The van der Waals surface area contributed by atoms with E-state index in [1.807, 2.05) is 4.90 Å². The second kappa shape index (κ2) is 12.3. The predicted molar refractivity (Wildman–Crippen MR) is 137 cm³/mol. The van der Waals surface area contributed by atoms with Gasteiger partial charge in [0, 0.05) is 47.0 Å². The van der Waals surface area contributed by atoms with Crippen molar-refractivity contribution in [3.05, 3.63) is 75.3 Å². The van der Waals surface area contributed by atoms with Crippen LogP contribution in [0.5, 0.6) is 0 Å². The quantitative estimate of drug-likeness (QED) is 0.451. The maximum atomic E-state index is 13.0. The number of thiazole rings is 1. The molecule has 15 heteroatoms. The first-order valence-electron chi connectivity index (χ1n) is 11.4. The number of nitrogens with zero attached hydrogens (tertiary/aromatic N) is 6. The number of ether oxygens (including phenoxy) is 1. The van der Waals surface area contributed by atoms with E-state index in [4.69, 9.17) is 16.3 Å². The van der Waals surface area contributed by atoms with E-state index in [1.54, 1.807) is 23.7 Å². The van der Waals surface area contributed by atoms with Gasteiger partial charge in [0.15, 0.2) is 10.8 Å². The monoisotopic (exact) mass is 582 g/mol. The molecule has 1 saturated heterocycles. The highest BCUT2D eigenvalue weighted by molar-refractivity contribution is 7.11. The number of halogens is 4. The predicted octanol–water partition coefficient (Wildman–Crippen LogP) is 4.61. The minimum Gasteiger partial charge on any atom is -0.480 e. The first-order chi connectivity index (χ1) is 18.7. The number of carbonyl (C=O) groups is 2. The van der Waals surface area contributed by atoms with Crippen molar-refractivity contribution in [1.82, 2.24) is 24.6 Å². The number of amides is 1. The maximum Gasteiger partial charge on any atom is 0.410 e. The molecule has 2 aliphatic rings. The Labute approximate surface area is 229 Å². The number of aliphatic imine (C=N–C) groups is 1. The minimum atomic E-state index is -2.77.